The van der Waals surface area contributed by atoms with E-state index >= 15 is 0 Å². The molecule has 0 aliphatic rings. The van der Waals surface area contributed by atoms with Gasteiger partial charge in [-0.3, -0.25) is 0 Å². The minimum Gasteiger partial charge on any atom is -0.493 e. The van der Waals surface area contributed by atoms with Crippen LogP contribution in [0.25, 0.3) is 11.1 Å². The molecule has 2 aromatic rings. The molecule has 0 spiro atoms. The van der Waals surface area contributed by atoms with Gasteiger partial charge >= 0.3 is 0 Å². The molecule has 1 N–H and O–H groups in total. The lowest BCUT2D eigenvalue weighted by Gasteiger charge is -2.20. The van der Waals surface area contributed by atoms with Gasteiger partial charge in [0.1, 0.15) is 5.75 Å². The fourth-order valence-electron chi connectivity index (χ4n) is 2.19. The van der Waals surface area contributed by atoms with Gasteiger partial charge in [0, 0.05) is 16.1 Å². The summed E-state index contributed by atoms with van der Waals surface area (Å²) in [5.41, 5.74) is 2.31. The van der Waals surface area contributed by atoms with E-state index in [0.29, 0.717) is 6.61 Å². The Kier molecular flexibility index (Phi) is 7.90. The van der Waals surface area contributed by atoms with Gasteiger partial charge < -0.3 is 10.1 Å². The highest BCUT2D eigenvalue weighted by Crippen LogP contribution is 2.32. The molecular formula is C19H25Cl2NO. The van der Waals surface area contributed by atoms with E-state index in [4.69, 9.17) is 16.3 Å². The van der Waals surface area contributed by atoms with E-state index in [0.717, 1.165) is 34.9 Å². The minimum atomic E-state index is 0. The SMILES string of the molecule is CC(C)(C)NCCCOc1ccc(Cl)cc1-c1ccccc1.Cl. The molecule has 4 heteroatoms. The Morgan fingerprint density at radius 3 is 2.39 bits per heavy atom. The Balaban J connectivity index is 0.00000264. The first kappa shape index (κ1) is 19.8. The maximum Gasteiger partial charge on any atom is 0.127 e. The van der Waals surface area contributed by atoms with Crippen molar-refractivity contribution >= 4 is 24.0 Å². The van der Waals surface area contributed by atoms with Crippen LogP contribution in [-0.2, 0) is 0 Å². The van der Waals surface area contributed by atoms with Crippen LogP contribution in [-0.4, -0.2) is 18.7 Å². The van der Waals surface area contributed by atoms with Crippen LogP contribution in [0.4, 0.5) is 0 Å². The molecule has 0 saturated carbocycles. The summed E-state index contributed by atoms with van der Waals surface area (Å²) in [7, 11) is 0. The largest absolute Gasteiger partial charge is 0.493 e. The van der Waals surface area contributed by atoms with E-state index in [9.17, 15) is 0 Å². The zero-order valence-corrected chi connectivity index (χ0v) is 15.5. The van der Waals surface area contributed by atoms with Gasteiger partial charge in [0.25, 0.3) is 0 Å². The van der Waals surface area contributed by atoms with Crippen molar-refractivity contribution in [1.29, 1.82) is 0 Å². The molecule has 0 bridgehead atoms. The van der Waals surface area contributed by atoms with Gasteiger partial charge in [-0.25, -0.2) is 0 Å². The molecule has 0 radical (unpaired) electrons. The van der Waals surface area contributed by atoms with Crippen LogP contribution in [0.1, 0.15) is 27.2 Å². The zero-order valence-electron chi connectivity index (χ0n) is 13.9. The average Bonchev–Trinajstić information content (AvgIpc) is 2.48. The van der Waals surface area contributed by atoms with Crippen LogP contribution in [0.3, 0.4) is 0 Å². The Labute approximate surface area is 150 Å². The van der Waals surface area contributed by atoms with Crippen LogP contribution >= 0.6 is 24.0 Å². The quantitative estimate of drug-likeness (QED) is 0.683. The number of ether oxygens (including phenoxy) is 1. The number of rotatable bonds is 6. The van der Waals surface area contributed by atoms with E-state index in [1.165, 1.54) is 0 Å². The van der Waals surface area contributed by atoms with E-state index < -0.39 is 0 Å². The summed E-state index contributed by atoms with van der Waals surface area (Å²) in [6.45, 7) is 8.13. The highest BCUT2D eigenvalue weighted by Gasteiger charge is 2.09. The molecule has 2 nitrogen and oxygen atoms in total. The van der Waals surface area contributed by atoms with E-state index in [1.54, 1.807) is 0 Å². The third-order valence-corrected chi connectivity index (χ3v) is 3.50. The summed E-state index contributed by atoms with van der Waals surface area (Å²) >= 11 is 6.14. The van der Waals surface area contributed by atoms with Crippen LogP contribution in [0.5, 0.6) is 5.75 Å². The first-order valence-corrected chi connectivity index (χ1v) is 8.06. The molecule has 2 aromatic carbocycles. The zero-order chi connectivity index (χ0) is 16.0. The van der Waals surface area contributed by atoms with Gasteiger partial charge in [-0.15, -0.1) is 12.4 Å². The van der Waals surface area contributed by atoms with Gasteiger partial charge in [-0.1, -0.05) is 41.9 Å². The minimum absolute atomic E-state index is 0. The van der Waals surface area contributed by atoms with Crippen molar-refractivity contribution < 1.29 is 4.74 Å². The topological polar surface area (TPSA) is 21.3 Å². The number of hydrogen-bond donors (Lipinski definition) is 1. The molecule has 2 rings (SSSR count). The number of nitrogens with one attached hydrogen (secondary N) is 1. The van der Waals surface area contributed by atoms with Crippen molar-refractivity contribution in [3.8, 4) is 16.9 Å². The first-order chi connectivity index (χ1) is 10.5. The van der Waals surface area contributed by atoms with E-state index in [-0.39, 0.29) is 17.9 Å². The summed E-state index contributed by atoms with van der Waals surface area (Å²) < 4.78 is 5.96. The molecule has 0 heterocycles. The second-order valence-corrected chi connectivity index (χ2v) is 6.82. The monoisotopic (exact) mass is 353 g/mol. The van der Waals surface area contributed by atoms with Crippen molar-refractivity contribution in [2.75, 3.05) is 13.2 Å². The Morgan fingerprint density at radius 1 is 1.04 bits per heavy atom. The van der Waals surface area contributed by atoms with Gasteiger partial charge in [0.05, 0.1) is 6.61 Å². The maximum atomic E-state index is 6.14. The number of halogens is 2. The summed E-state index contributed by atoms with van der Waals surface area (Å²) in [6.07, 6.45) is 0.966. The summed E-state index contributed by atoms with van der Waals surface area (Å²) in [6, 6.07) is 16.0. The Hall–Kier alpha value is -1.22. The van der Waals surface area contributed by atoms with Crippen molar-refractivity contribution in [2.45, 2.75) is 32.7 Å². The fourth-order valence-corrected chi connectivity index (χ4v) is 2.36. The lowest BCUT2D eigenvalue weighted by Crippen LogP contribution is -2.36. The molecular weight excluding hydrogens is 329 g/mol. The Bertz CT molecular complexity index is 594. The standard InChI is InChI=1S/C19H24ClNO.ClH/c1-19(2,3)21-12-7-13-22-18-11-10-16(20)14-17(18)15-8-5-4-6-9-15;/h4-6,8-11,14,21H,7,12-13H2,1-3H3;1H. The highest BCUT2D eigenvalue weighted by atomic mass is 35.5. The fraction of sp³-hybridized carbons (Fsp3) is 0.368. The average molecular weight is 354 g/mol. The second kappa shape index (κ2) is 9.17. The molecule has 0 unspecified atom stereocenters. The van der Waals surface area contributed by atoms with Gasteiger partial charge in [-0.2, -0.15) is 0 Å². The Morgan fingerprint density at radius 2 is 1.74 bits per heavy atom. The summed E-state index contributed by atoms with van der Waals surface area (Å²) in [5.74, 6) is 0.881. The normalized spacial score (nSPS) is 11.0. The third kappa shape index (κ3) is 6.82. The van der Waals surface area contributed by atoms with Crippen LogP contribution in [0, 0.1) is 0 Å². The number of benzene rings is 2. The predicted octanol–water partition coefficient (Wildman–Crippen LogP) is 5.59. The molecule has 0 amide bonds. The second-order valence-electron chi connectivity index (χ2n) is 6.39. The molecule has 126 valence electrons. The van der Waals surface area contributed by atoms with Crippen molar-refractivity contribution in [1.82, 2.24) is 5.32 Å². The lowest BCUT2D eigenvalue weighted by atomic mass is 10.0. The summed E-state index contributed by atoms with van der Waals surface area (Å²) in [5, 5.41) is 4.19. The van der Waals surface area contributed by atoms with Crippen molar-refractivity contribution in [3.05, 3.63) is 53.6 Å². The molecule has 0 fully saturated rings. The van der Waals surface area contributed by atoms with E-state index in [2.05, 4.69) is 38.2 Å². The van der Waals surface area contributed by atoms with Gasteiger partial charge in [0.2, 0.25) is 0 Å². The van der Waals surface area contributed by atoms with Gasteiger partial charge in [-0.05, 0) is 57.5 Å². The van der Waals surface area contributed by atoms with Gasteiger partial charge in [0.15, 0.2) is 0 Å². The first-order valence-electron chi connectivity index (χ1n) is 7.68. The molecule has 0 aliphatic carbocycles. The van der Waals surface area contributed by atoms with Crippen LogP contribution in [0.15, 0.2) is 48.5 Å². The van der Waals surface area contributed by atoms with E-state index in [1.807, 2.05) is 36.4 Å². The molecule has 0 aromatic heterocycles. The maximum absolute atomic E-state index is 6.14. The van der Waals surface area contributed by atoms with Crippen LogP contribution < -0.4 is 10.1 Å². The van der Waals surface area contributed by atoms with Crippen LogP contribution in [0.2, 0.25) is 5.02 Å². The molecule has 0 aliphatic heterocycles. The third-order valence-electron chi connectivity index (χ3n) is 3.26. The molecule has 0 saturated heterocycles. The lowest BCUT2D eigenvalue weighted by molar-refractivity contribution is 0.299. The molecule has 23 heavy (non-hydrogen) atoms. The highest BCUT2D eigenvalue weighted by molar-refractivity contribution is 6.31. The predicted molar refractivity (Wildman–Crippen MR) is 102 cm³/mol. The number of hydrogen-bond acceptors (Lipinski definition) is 2. The summed E-state index contributed by atoms with van der Waals surface area (Å²) in [4.78, 5) is 0. The molecule has 0 atom stereocenters. The van der Waals surface area contributed by atoms with Crippen molar-refractivity contribution in [2.24, 2.45) is 0 Å². The smallest absolute Gasteiger partial charge is 0.127 e. The van der Waals surface area contributed by atoms with Crippen molar-refractivity contribution in [3.63, 3.8) is 0 Å².